The van der Waals surface area contributed by atoms with Crippen LogP contribution in [0.2, 0.25) is 0 Å². The van der Waals surface area contributed by atoms with E-state index in [0.29, 0.717) is 18.9 Å². The molecule has 2 rings (SSSR count). The van der Waals surface area contributed by atoms with Gasteiger partial charge in [-0.1, -0.05) is 31.9 Å². The number of nitrogens with two attached hydrogens (primary N) is 1. The Labute approximate surface area is 110 Å². The largest absolute Gasteiger partial charge is 0.441 e. The van der Waals surface area contributed by atoms with E-state index in [1.54, 1.807) is 6.20 Å². The Hall–Kier alpha value is -0.650. The fraction of sp³-hybridized carbons (Fsp3) is 0.182. The SMILES string of the molecule is NCCc1ncc(-c2cc(Br)cc(Br)c2)o1. The molecule has 0 aliphatic carbocycles. The topological polar surface area (TPSA) is 52.0 Å². The van der Waals surface area contributed by atoms with Gasteiger partial charge in [0.2, 0.25) is 0 Å². The second-order valence-corrected chi connectivity index (χ2v) is 5.15. The van der Waals surface area contributed by atoms with Gasteiger partial charge in [0.05, 0.1) is 6.20 Å². The van der Waals surface area contributed by atoms with E-state index in [1.165, 1.54) is 0 Å². The fourth-order valence-electron chi connectivity index (χ4n) is 1.38. The molecular formula is C11H10Br2N2O. The molecular weight excluding hydrogens is 336 g/mol. The van der Waals surface area contributed by atoms with Gasteiger partial charge < -0.3 is 10.2 Å². The van der Waals surface area contributed by atoms with Crippen LogP contribution in [-0.4, -0.2) is 11.5 Å². The molecule has 2 aromatic rings. The van der Waals surface area contributed by atoms with Crippen molar-refractivity contribution in [2.75, 3.05) is 6.54 Å². The monoisotopic (exact) mass is 344 g/mol. The number of oxazole rings is 1. The quantitative estimate of drug-likeness (QED) is 0.927. The first-order valence-electron chi connectivity index (χ1n) is 4.80. The lowest BCUT2D eigenvalue weighted by Gasteiger charge is -1.99. The van der Waals surface area contributed by atoms with Crippen LogP contribution in [0.25, 0.3) is 11.3 Å². The minimum Gasteiger partial charge on any atom is -0.441 e. The summed E-state index contributed by atoms with van der Waals surface area (Å²) in [5.74, 6) is 1.43. The highest BCUT2D eigenvalue weighted by atomic mass is 79.9. The summed E-state index contributed by atoms with van der Waals surface area (Å²) >= 11 is 6.87. The molecule has 0 spiro atoms. The number of hydrogen-bond acceptors (Lipinski definition) is 3. The molecule has 0 atom stereocenters. The lowest BCUT2D eigenvalue weighted by atomic mass is 10.2. The molecule has 0 radical (unpaired) electrons. The number of rotatable bonds is 3. The number of halogens is 2. The minimum absolute atomic E-state index is 0.544. The van der Waals surface area contributed by atoms with Gasteiger partial charge in [0.1, 0.15) is 0 Å². The molecule has 5 heteroatoms. The lowest BCUT2D eigenvalue weighted by molar-refractivity contribution is 0.508. The Morgan fingerprint density at radius 1 is 1.19 bits per heavy atom. The molecule has 0 amide bonds. The molecule has 0 saturated carbocycles. The molecule has 0 aliphatic rings. The average Bonchev–Trinajstić information content (AvgIpc) is 2.65. The zero-order valence-electron chi connectivity index (χ0n) is 8.41. The van der Waals surface area contributed by atoms with Crippen LogP contribution in [0.3, 0.4) is 0 Å². The van der Waals surface area contributed by atoms with E-state index < -0.39 is 0 Å². The lowest BCUT2D eigenvalue weighted by Crippen LogP contribution is -2.02. The van der Waals surface area contributed by atoms with Crippen molar-refractivity contribution in [1.82, 2.24) is 4.98 Å². The molecule has 0 saturated heterocycles. The molecule has 0 aliphatic heterocycles. The third-order valence-electron chi connectivity index (χ3n) is 2.06. The molecule has 0 unspecified atom stereocenters. The molecule has 3 nitrogen and oxygen atoms in total. The van der Waals surface area contributed by atoms with Crippen LogP contribution in [0, 0.1) is 0 Å². The van der Waals surface area contributed by atoms with E-state index in [2.05, 4.69) is 36.8 Å². The van der Waals surface area contributed by atoms with Gasteiger partial charge in [-0.25, -0.2) is 4.98 Å². The van der Waals surface area contributed by atoms with Gasteiger partial charge in [-0.15, -0.1) is 0 Å². The van der Waals surface area contributed by atoms with Crippen molar-refractivity contribution in [2.45, 2.75) is 6.42 Å². The van der Waals surface area contributed by atoms with Crippen LogP contribution >= 0.6 is 31.9 Å². The summed E-state index contributed by atoms with van der Waals surface area (Å²) in [5, 5.41) is 0. The van der Waals surface area contributed by atoms with Crippen LogP contribution < -0.4 is 5.73 Å². The summed E-state index contributed by atoms with van der Waals surface area (Å²) in [5.41, 5.74) is 6.43. The highest BCUT2D eigenvalue weighted by molar-refractivity contribution is 9.11. The van der Waals surface area contributed by atoms with Crippen LogP contribution in [0.15, 0.2) is 37.8 Å². The van der Waals surface area contributed by atoms with Crippen molar-refractivity contribution >= 4 is 31.9 Å². The van der Waals surface area contributed by atoms with E-state index >= 15 is 0 Å². The molecule has 2 N–H and O–H groups in total. The van der Waals surface area contributed by atoms with Crippen LogP contribution in [0.1, 0.15) is 5.89 Å². The van der Waals surface area contributed by atoms with Crippen molar-refractivity contribution in [3.63, 3.8) is 0 Å². The molecule has 0 fully saturated rings. The summed E-state index contributed by atoms with van der Waals surface area (Å²) in [6, 6.07) is 5.94. The van der Waals surface area contributed by atoms with Gasteiger partial charge in [0.25, 0.3) is 0 Å². The number of aromatic nitrogens is 1. The predicted octanol–water partition coefficient (Wildman–Crippen LogP) is 3.37. The van der Waals surface area contributed by atoms with Gasteiger partial charge in [-0.3, -0.25) is 0 Å². The Bertz CT molecular complexity index is 476. The first-order valence-corrected chi connectivity index (χ1v) is 6.39. The van der Waals surface area contributed by atoms with E-state index in [0.717, 1.165) is 20.3 Å². The highest BCUT2D eigenvalue weighted by Gasteiger charge is 2.07. The second-order valence-electron chi connectivity index (χ2n) is 3.32. The first kappa shape index (κ1) is 11.8. The third-order valence-corrected chi connectivity index (χ3v) is 2.97. The molecule has 16 heavy (non-hydrogen) atoms. The van der Waals surface area contributed by atoms with Gasteiger partial charge >= 0.3 is 0 Å². The van der Waals surface area contributed by atoms with Crippen LogP contribution in [0.4, 0.5) is 0 Å². The third kappa shape index (κ3) is 2.72. The van der Waals surface area contributed by atoms with E-state index in [9.17, 15) is 0 Å². The Morgan fingerprint density at radius 3 is 2.50 bits per heavy atom. The smallest absolute Gasteiger partial charge is 0.196 e. The molecule has 84 valence electrons. The van der Waals surface area contributed by atoms with Gasteiger partial charge in [0.15, 0.2) is 11.7 Å². The maximum Gasteiger partial charge on any atom is 0.196 e. The van der Waals surface area contributed by atoms with Crippen molar-refractivity contribution in [3.05, 3.63) is 39.2 Å². The predicted molar refractivity (Wildman–Crippen MR) is 70.1 cm³/mol. The van der Waals surface area contributed by atoms with Crippen molar-refractivity contribution in [2.24, 2.45) is 5.73 Å². The molecule has 0 bridgehead atoms. The second kappa shape index (κ2) is 5.12. The normalized spacial score (nSPS) is 10.7. The highest BCUT2D eigenvalue weighted by Crippen LogP contribution is 2.28. The fourth-order valence-corrected chi connectivity index (χ4v) is 2.67. The summed E-state index contributed by atoms with van der Waals surface area (Å²) in [6.07, 6.45) is 2.38. The Morgan fingerprint density at radius 2 is 1.88 bits per heavy atom. The number of nitrogens with zero attached hydrogens (tertiary/aromatic N) is 1. The van der Waals surface area contributed by atoms with Gasteiger partial charge in [-0.2, -0.15) is 0 Å². The zero-order valence-corrected chi connectivity index (χ0v) is 11.6. The summed E-state index contributed by atoms with van der Waals surface area (Å²) in [7, 11) is 0. The van der Waals surface area contributed by atoms with Crippen molar-refractivity contribution < 1.29 is 4.42 Å². The van der Waals surface area contributed by atoms with Crippen LogP contribution in [-0.2, 0) is 6.42 Å². The summed E-state index contributed by atoms with van der Waals surface area (Å²) in [6.45, 7) is 0.544. The van der Waals surface area contributed by atoms with Crippen molar-refractivity contribution in [1.29, 1.82) is 0 Å². The number of benzene rings is 1. The zero-order chi connectivity index (χ0) is 11.5. The maximum absolute atomic E-state index is 5.59. The average molecular weight is 346 g/mol. The van der Waals surface area contributed by atoms with E-state index in [1.807, 2.05) is 18.2 Å². The first-order chi connectivity index (χ1) is 7.69. The van der Waals surface area contributed by atoms with Gasteiger partial charge in [0, 0.05) is 27.5 Å². The molecule has 1 aromatic carbocycles. The Balaban J connectivity index is 2.34. The van der Waals surface area contributed by atoms with Crippen molar-refractivity contribution in [3.8, 4) is 11.3 Å². The minimum atomic E-state index is 0.544. The Kier molecular flexibility index (Phi) is 3.78. The standard InChI is InChI=1S/C11H10Br2N2O/c12-8-3-7(4-9(13)5-8)10-6-15-11(16-10)1-2-14/h3-6H,1-2,14H2. The van der Waals surface area contributed by atoms with Crippen LogP contribution in [0.5, 0.6) is 0 Å². The van der Waals surface area contributed by atoms with E-state index in [-0.39, 0.29) is 0 Å². The van der Waals surface area contributed by atoms with E-state index in [4.69, 9.17) is 10.2 Å². The summed E-state index contributed by atoms with van der Waals surface area (Å²) < 4.78 is 7.58. The molecule has 1 aromatic heterocycles. The summed E-state index contributed by atoms with van der Waals surface area (Å²) in [4.78, 5) is 4.16. The number of hydrogen-bond donors (Lipinski definition) is 1. The van der Waals surface area contributed by atoms with Gasteiger partial charge in [-0.05, 0) is 18.2 Å². The maximum atomic E-state index is 5.59. The molecule has 1 heterocycles.